The van der Waals surface area contributed by atoms with Gasteiger partial charge in [-0.3, -0.25) is 14.5 Å². The lowest BCUT2D eigenvalue weighted by Crippen LogP contribution is -2.52. The molecule has 0 saturated carbocycles. The first-order valence-corrected chi connectivity index (χ1v) is 14.5. The van der Waals surface area contributed by atoms with Gasteiger partial charge in [0.05, 0.1) is 0 Å². The summed E-state index contributed by atoms with van der Waals surface area (Å²) in [7, 11) is 0. The molecular weight excluding hydrogens is 482 g/mol. The number of ketones is 1. The Morgan fingerprint density at radius 3 is 2.38 bits per heavy atom. The van der Waals surface area contributed by atoms with E-state index in [9.17, 15) is 9.59 Å². The maximum Gasteiger partial charge on any atom is 0.250 e. The molecule has 0 bridgehead atoms. The van der Waals surface area contributed by atoms with Crippen LogP contribution in [0.5, 0.6) is 0 Å². The van der Waals surface area contributed by atoms with E-state index in [0.717, 1.165) is 42.6 Å². The van der Waals surface area contributed by atoms with Crippen LogP contribution in [0.2, 0.25) is 0 Å². The quantitative estimate of drug-likeness (QED) is 0.353. The Morgan fingerprint density at radius 2 is 1.69 bits per heavy atom. The number of amides is 1. The minimum Gasteiger partial charge on any atom is -0.324 e. The summed E-state index contributed by atoms with van der Waals surface area (Å²) in [5, 5.41) is 7.27. The van der Waals surface area contributed by atoms with E-state index in [1.54, 1.807) is 0 Å². The number of hydrogen-bond donors (Lipinski definition) is 2. The van der Waals surface area contributed by atoms with Crippen LogP contribution in [0, 0.1) is 13.8 Å². The van der Waals surface area contributed by atoms with Crippen molar-refractivity contribution in [2.75, 3.05) is 11.9 Å². The number of Topliss-reactive ketones (excluding diaryl/α,β-unsaturated/α-hetero) is 1. The summed E-state index contributed by atoms with van der Waals surface area (Å²) in [6, 6.07) is 23.7. The van der Waals surface area contributed by atoms with Crippen LogP contribution in [0.15, 0.2) is 66.7 Å². The molecule has 3 aromatic rings. The number of hydrogen-bond acceptors (Lipinski definition) is 4. The van der Waals surface area contributed by atoms with Crippen molar-refractivity contribution < 1.29 is 9.59 Å². The molecule has 202 valence electrons. The predicted molar refractivity (Wildman–Crippen MR) is 156 cm³/mol. The number of fused-ring (bicyclic) bond motifs is 3. The highest BCUT2D eigenvalue weighted by atomic mass is 16.2. The highest BCUT2D eigenvalue weighted by Crippen LogP contribution is 2.59. The van der Waals surface area contributed by atoms with Gasteiger partial charge in [0.25, 0.3) is 0 Å². The van der Waals surface area contributed by atoms with Crippen molar-refractivity contribution in [3.05, 3.63) is 100 Å². The van der Waals surface area contributed by atoms with E-state index in [4.69, 9.17) is 0 Å². The third-order valence-electron chi connectivity index (χ3n) is 9.48. The maximum atomic E-state index is 14.2. The Kier molecular flexibility index (Phi) is 6.68. The second kappa shape index (κ2) is 10.0. The first-order chi connectivity index (χ1) is 18.9. The highest BCUT2D eigenvalue weighted by Gasteiger charge is 2.68. The molecule has 3 aliphatic heterocycles. The van der Waals surface area contributed by atoms with E-state index in [2.05, 4.69) is 91.8 Å². The van der Waals surface area contributed by atoms with Gasteiger partial charge in [0.1, 0.15) is 5.54 Å². The molecule has 6 rings (SSSR count). The zero-order valence-electron chi connectivity index (χ0n) is 23.5. The minimum absolute atomic E-state index is 0.0353. The molecule has 1 amide bonds. The van der Waals surface area contributed by atoms with Crippen LogP contribution in [-0.2, 0) is 10.3 Å². The van der Waals surface area contributed by atoms with E-state index >= 15 is 0 Å². The molecule has 0 aliphatic carbocycles. The molecular formula is C34H39N3O2. The van der Waals surface area contributed by atoms with E-state index < -0.39 is 5.54 Å². The molecule has 3 heterocycles. The Labute approximate surface area is 232 Å². The van der Waals surface area contributed by atoms with Gasteiger partial charge in [-0.2, -0.15) is 0 Å². The van der Waals surface area contributed by atoms with Gasteiger partial charge < -0.3 is 10.6 Å². The predicted octanol–water partition coefficient (Wildman–Crippen LogP) is 6.41. The number of likely N-dealkylation sites (N-methyl/N-ethyl adjacent to an activating group) is 1. The minimum atomic E-state index is -0.757. The van der Waals surface area contributed by atoms with Crippen LogP contribution in [0.4, 0.5) is 5.69 Å². The standard InChI is InChI=1S/C34H39N3O2/c1-5-7-13-30(38)24-16-14-23(15-17-24)27-20-29-32(35-27)31(25-11-9-8-10-12-25)34(37(29)6-2)26-18-21(3)22(4)19-28(26)36-33(34)39/h8-12,14-19,27,29,31-32,35H,5-7,13,20H2,1-4H3,(H,36,39)/t27-,29+,31+,32-,34-/m1/s1. The van der Waals surface area contributed by atoms with E-state index in [-0.39, 0.29) is 35.7 Å². The second-order valence-electron chi connectivity index (χ2n) is 11.6. The van der Waals surface area contributed by atoms with Crippen LogP contribution in [0.25, 0.3) is 0 Å². The fourth-order valence-corrected chi connectivity index (χ4v) is 7.52. The molecule has 39 heavy (non-hydrogen) atoms. The SMILES string of the molecule is CCCCC(=O)c1ccc([C@H]2C[C@H]3[C@@H](N2)[C@H](c2ccccc2)[C@]2(C(=O)Nc4cc(C)c(C)cc42)N3CC)cc1. The number of nitrogens with one attached hydrogen (secondary N) is 2. The monoisotopic (exact) mass is 521 g/mol. The van der Waals surface area contributed by atoms with Crippen molar-refractivity contribution in [3.8, 4) is 0 Å². The number of likely N-dealkylation sites (tertiary alicyclic amines) is 1. The van der Waals surface area contributed by atoms with Gasteiger partial charge in [0, 0.05) is 47.3 Å². The van der Waals surface area contributed by atoms with Crippen molar-refractivity contribution in [2.24, 2.45) is 0 Å². The van der Waals surface area contributed by atoms with Crippen LogP contribution >= 0.6 is 0 Å². The zero-order valence-corrected chi connectivity index (χ0v) is 23.5. The fourth-order valence-electron chi connectivity index (χ4n) is 7.52. The van der Waals surface area contributed by atoms with Gasteiger partial charge in [-0.1, -0.05) is 80.9 Å². The maximum absolute atomic E-state index is 14.2. The van der Waals surface area contributed by atoms with E-state index in [1.165, 1.54) is 22.3 Å². The topological polar surface area (TPSA) is 61.4 Å². The van der Waals surface area contributed by atoms with Gasteiger partial charge in [0.2, 0.25) is 5.91 Å². The largest absolute Gasteiger partial charge is 0.324 e. The molecule has 1 spiro atoms. The summed E-state index contributed by atoms with van der Waals surface area (Å²) in [6.07, 6.45) is 3.48. The molecule has 5 heteroatoms. The lowest BCUT2D eigenvalue weighted by atomic mass is 9.73. The summed E-state index contributed by atoms with van der Waals surface area (Å²) >= 11 is 0. The number of nitrogens with zero attached hydrogens (tertiary/aromatic N) is 1. The fraction of sp³-hybridized carbons (Fsp3) is 0.412. The third kappa shape index (κ3) is 3.97. The van der Waals surface area contributed by atoms with E-state index in [0.29, 0.717) is 6.42 Å². The zero-order chi connectivity index (χ0) is 27.3. The molecule has 2 saturated heterocycles. The van der Waals surface area contributed by atoms with Crippen LogP contribution in [0.3, 0.4) is 0 Å². The Morgan fingerprint density at radius 1 is 0.974 bits per heavy atom. The van der Waals surface area contributed by atoms with Gasteiger partial charge >= 0.3 is 0 Å². The van der Waals surface area contributed by atoms with Gasteiger partial charge in [-0.05, 0) is 61.6 Å². The number of benzene rings is 3. The third-order valence-corrected chi connectivity index (χ3v) is 9.48. The van der Waals surface area contributed by atoms with Crippen molar-refractivity contribution in [2.45, 2.75) is 83.0 Å². The second-order valence-corrected chi connectivity index (χ2v) is 11.6. The molecule has 3 aliphatic rings. The number of carbonyl (C=O) groups excluding carboxylic acids is 2. The van der Waals surface area contributed by atoms with Crippen molar-refractivity contribution in [3.63, 3.8) is 0 Å². The molecule has 2 N–H and O–H groups in total. The number of carbonyl (C=O) groups is 2. The first kappa shape index (κ1) is 26.0. The Hall–Kier alpha value is -3.28. The number of aryl methyl sites for hydroxylation is 2. The molecule has 5 nitrogen and oxygen atoms in total. The average molecular weight is 522 g/mol. The van der Waals surface area contributed by atoms with Crippen LogP contribution < -0.4 is 10.6 Å². The van der Waals surface area contributed by atoms with E-state index in [1.807, 2.05) is 18.2 Å². The molecule has 3 aromatic carbocycles. The lowest BCUT2D eigenvalue weighted by Gasteiger charge is -2.40. The molecule has 0 aromatic heterocycles. The number of rotatable bonds is 7. The van der Waals surface area contributed by atoms with Crippen molar-refractivity contribution >= 4 is 17.4 Å². The van der Waals surface area contributed by atoms with Crippen molar-refractivity contribution in [1.82, 2.24) is 10.2 Å². The van der Waals surface area contributed by atoms with Gasteiger partial charge in [-0.25, -0.2) is 0 Å². The number of unbranched alkanes of at least 4 members (excludes halogenated alkanes) is 1. The summed E-state index contributed by atoms with van der Waals surface area (Å²) in [4.78, 5) is 29.2. The normalized spacial score (nSPS) is 27.5. The van der Waals surface area contributed by atoms with Crippen LogP contribution in [-0.4, -0.2) is 35.2 Å². The average Bonchev–Trinajstić information content (AvgIpc) is 3.57. The summed E-state index contributed by atoms with van der Waals surface area (Å²) in [6.45, 7) is 9.32. The lowest BCUT2D eigenvalue weighted by molar-refractivity contribution is -0.127. The smallest absolute Gasteiger partial charge is 0.250 e. The first-order valence-electron chi connectivity index (χ1n) is 14.5. The van der Waals surface area contributed by atoms with Crippen LogP contribution in [0.1, 0.15) is 89.7 Å². The summed E-state index contributed by atoms with van der Waals surface area (Å²) in [5.41, 5.74) is 6.89. The summed E-state index contributed by atoms with van der Waals surface area (Å²) < 4.78 is 0. The van der Waals surface area contributed by atoms with Crippen molar-refractivity contribution in [1.29, 1.82) is 0 Å². The van der Waals surface area contributed by atoms with Gasteiger partial charge in [-0.15, -0.1) is 0 Å². The van der Waals surface area contributed by atoms with Gasteiger partial charge in [0.15, 0.2) is 5.78 Å². The highest BCUT2D eigenvalue weighted by molar-refractivity contribution is 6.07. The molecule has 0 unspecified atom stereocenters. The Balaban J connectivity index is 1.40. The molecule has 0 radical (unpaired) electrons. The Bertz CT molecular complexity index is 1400. The number of anilines is 1. The summed E-state index contributed by atoms with van der Waals surface area (Å²) in [5.74, 6) is 0.270. The molecule has 2 fully saturated rings. The molecule has 5 atom stereocenters.